The van der Waals surface area contributed by atoms with Gasteiger partial charge in [-0.2, -0.15) is 0 Å². The van der Waals surface area contributed by atoms with Gasteiger partial charge < -0.3 is 24.4 Å². The summed E-state index contributed by atoms with van der Waals surface area (Å²) in [6, 6.07) is 4.25. The van der Waals surface area contributed by atoms with E-state index in [1.54, 1.807) is 14.2 Å². The number of benzene rings is 1. The molecule has 7 nitrogen and oxygen atoms in total. The third-order valence-corrected chi connectivity index (χ3v) is 6.30. The van der Waals surface area contributed by atoms with E-state index in [2.05, 4.69) is 39.3 Å². The zero-order valence-corrected chi connectivity index (χ0v) is 19.1. The van der Waals surface area contributed by atoms with Gasteiger partial charge in [0, 0.05) is 60.0 Å². The molecular weight excluding hydrogens is 380 g/mol. The number of fused-ring (bicyclic) bond motifs is 1. The van der Waals surface area contributed by atoms with Crippen molar-refractivity contribution in [2.24, 2.45) is 10.9 Å². The lowest BCUT2D eigenvalue weighted by Crippen LogP contribution is -2.44. The van der Waals surface area contributed by atoms with Gasteiger partial charge in [-0.05, 0) is 54.9 Å². The lowest BCUT2D eigenvalue weighted by molar-refractivity contribution is 0.0625. The van der Waals surface area contributed by atoms with Gasteiger partial charge in [0.25, 0.3) is 0 Å². The Labute approximate surface area is 181 Å². The molecule has 0 atom stereocenters. The third-order valence-electron chi connectivity index (χ3n) is 6.30. The number of nitrogens with one attached hydrogen (secondary N) is 1. The molecule has 3 rings (SSSR count). The normalized spacial score (nSPS) is 18.1. The number of rotatable bonds is 8. The molecule has 0 radical (unpaired) electrons. The van der Waals surface area contributed by atoms with Crippen LogP contribution >= 0.6 is 0 Å². The van der Waals surface area contributed by atoms with E-state index in [4.69, 9.17) is 14.2 Å². The Kier molecular flexibility index (Phi) is 8.63. The second-order valence-electron chi connectivity index (χ2n) is 8.24. The number of hydrogen-bond acceptors (Lipinski definition) is 5. The maximum atomic E-state index is 5.47. The highest BCUT2D eigenvalue weighted by atomic mass is 16.5. The fourth-order valence-corrected chi connectivity index (χ4v) is 4.36. The van der Waals surface area contributed by atoms with Crippen molar-refractivity contribution in [1.82, 2.24) is 15.1 Å². The van der Waals surface area contributed by atoms with Crippen molar-refractivity contribution in [3.05, 3.63) is 23.3 Å². The first-order valence-corrected chi connectivity index (χ1v) is 11.1. The maximum Gasteiger partial charge on any atom is 0.193 e. The Balaban J connectivity index is 1.44. The third kappa shape index (κ3) is 6.01. The Bertz CT molecular complexity index is 704. The van der Waals surface area contributed by atoms with Crippen molar-refractivity contribution in [3.63, 3.8) is 0 Å². The molecule has 1 fully saturated rings. The van der Waals surface area contributed by atoms with E-state index < -0.39 is 0 Å². The van der Waals surface area contributed by atoms with Crippen molar-refractivity contribution in [2.75, 3.05) is 67.7 Å². The van der Waals surface area contributed by atoms with Gasteiger partial charge in [-0.15, -0.1) is 0 Å². The van der Waals surface area contributed by atoms with Crippen LogP contribution < -0.4 is 14.8 Å². The summed E-state index contributed by atoms with van der Waals surface area (Å²) >= 11 is 0. The molecule has 1 aromatic rings. The summed E-state index contributed by atoms with van der Waals surface area (Å²) in [6.45, 7) is 6.73. The minimum Gasteiger partial charge on any atom is -0.493 e. The summed E-state index contributed by atoms with van der Waals surface area (Å²) in [7, 11) is 7.38. The topological polar surface area (TPSA) is 58.6 Å². The van der Waals surface area contributed by atoms with Crippen LogP contribution in [0.1, 0.15) is 30.4 Å². The molecule has 1 N–H and O–H groups in total. The summed E-state index contributed by atoms with van der Waals surface area (Å²) in [6.07, 6.45) is 4.62. The predicted octanol–water partition coefficient (Wildman–Crippen LogP) is 2.39. The van der Waals surface area contributed by atoms with Crippen LogP contribution in [0.3, 0.4) is 0 Å². The molecule has 0 aromatic heterocycles. The molecule has 168 valence electrons. The fraction of sp³-hybridized carbons (Fsp3) is 0.696. The minimum atomic E-state index is 0.781. The van der Waals surface area contributed by atoms with Crippen LogP contribution in [0.5, 0.6) is 11.5 Å². The molecule has 2 heterocycles. The Hall–Kier alpha value is -1.99. The molecule has 0 unspecified atom stereocenters. The van der Waals surface area contributed by atoms with E-state index in [0.717, 1.165) is 75.7 Å². The average molecular weight is 419 g/mol. The highest BCUT2D eigenvalue weighted by Gasteiger charge is 2.20. The maximum absolute atomic E-state index is 5.47. The quantitative estimate of drug-likeness (QED) is 0.517. The van der Waals surface area contributed by atoms with Crippen molar-refractivity contribution in [1.29, 1.82) is 0 Å². The number of nitrogens with zero attached hydrogens (tertiary/aromatic N) is 3. The lowest BCUT2D eigenvalue weighted by atomic mass is 9.96. The second-order valence-corrected chi connectivity index (χ2v) is 8.24. The summed E-state index contributed by atoms with van der Waals surface area (Å²) < 4.78 is 16.4. The van der Waals surface area contributed by atoms with Gasteiger partial charge in [-0.1, -0.05) is 0 Å². The highest BCUT2D eigenvalue weighted by molar-refractivity contribution is 5.79. The summed E-state index contributed by atoms with van der Waals surface area (Å²) in [5, 5.41) is 3.53. The van der Waals surface area contributed by atoms with Gasteiger partial charge in [0.2, 0.25) is 0 Å². The van der Waals surface area contributed by atoms with Gasteiger partial charge in [0.1, 0.15) is 0 Å². The molecule has 2 aliphatic heterocycles. The van der Waals surface area contributed by atoms with E-state index in [0.29, 0.717) is 0 Å². The Morgan fingerprint density at radius 1 is 1.20 bits per heavy atom. The van der Waals surface area contributed by atoms with E-state index >= 15 is 0 Å². The number of methoxy groups -OCH3 is 2. The first-order chi connectivity index (χ1) is 14.6. The zero-order valence-electron chi connectivity index (χ0n) is 19.1. The zero-order chi connectivity index (χ0) is 21.3. The first-order valence-electron chi connectivity index (χ1n) is 11.1. The van der Waals surface area contributed by atoms with E-state index in [1.807, 2.05) is 7.05 Å². The molecular formula is C23H38N4O3. The standard InChI is InChI=1S/C23H38N4O3/c1-24-23(26(2)10-5-18-7-13-30-14-8-18)25-9-12-27-11-6-19-15-21(28-3)22(29-4)16-20(19)17-27/h15-16,18H,5-14,17H2,1-4H3,(H,24,25). The summed E-state index contributed by atoms with van der Waals surface area (Å²) in [5.41, 5.74) is 2.69. The second kappa shape index (κ2) is 11.4. The van der Waals surface area contributed by atoms with Gasteiger partial charge in [-0.25, -0.2) is 0 Å². The highest BCUT2D eigenvalue weighted by Crippen LogP contribution is 2.33. The summed E-state index contributed by atoms with van der Waals surface area (Å²) in [4.78, 5) is 9.20. The molecule has 0 aliphatic carbocycles. The van der Waals surface area contributed by atoms with Gasteiger partial charge in [0.15, 0.2) is 17.5 Å². The van der Waals surface area contributed by atoms with E-state index in [1.165, 1.54) is 30.4 Å². The Morgan fingerprint density at radius 3 is 2.57 bits per heavy atom. The smallest absolute Gasteiger partial charge is 0.193 e. The van der Waals surface area contributed by atoms with Gasteiger partial charge in [-0.3, -0.25) is 9.89 Å². The van der Waals surface area contributed by atoms with Gasteiger partial charge in [0.05, 0.1) is 14.2 Å². The van der Waals surface area contributed by atoms with Crippen LogP contribution in [0.25, 0.3) is 0 Å². The average Bonchev–Trinajstić information content (AvgIpc) is 2.79. The van der Waals surface area contributed by atoms with Gasteiger partial charge >= 0.3 is 0 Å². The number of hydrogen-bond donors (Lipinski definition) is 1. The van der Waals surface area contributed by atoms with Crippen LogP contribution in [0, 0.1) is 5.92 Å². The van der Waals surface area contributed by atoms with Crippen LogP contribution in [-0.2, 0) is 17.7 Å². The van der Waals surface area contributed by atoms with E-state index in [-0.39, 0.29) is 0 Å². The SMILES string of the molecule is CN=C(NCCN1CCc2cc(OC)c(OC)cc2C1)N(C)CCC1CCOCC1. The molecule has 0 saturated carbocycles. The Morgan fingerprint density at radius 2 is 1.90 bits per heavy atom. The van der Waals surface area contributed by atoms with Crippen molar-refractivity contribution < 1.29 is 14.2 Å². The lowest BCUT2D eigenvalue weighted by Gasteiger charge is -2.30. The molecule has 7 heteroatoms. The largest absolute Gasteiger partial charge is 0.493 e. The molecule has 30 heavy (non-hydrogen) atoms. The van der Waals surface area contributed by atoms with Crippen LogP contribution in [-0.4, -0.2) is 83.5 Å². The summed E-state index contributed by atoms with van der Waals surface area (Å²) in [5.74, 6) is 3.39. The van der Waals surface area contributed by atoms with Crippen LogP contribution in [0.15, 0.2) is 17.1 Å². The van der Waals surface area contributed by atoms with Crippen molar-refractivity contribution in [2.45, 2.75) is 32.2 Å². The molecule has 0 amide bonds. The molecule has 0 bridgehead atoms. The first kappa shape index (κ1) is 22.7. The number of guanidine groups is 1. The molecule has 2 aliphatic rings. The molecule has 1 saturated heterocycles. The van der Waals surface area contributed by atoms with Crippen LogP contribution in [0.2, 0.25) is 0 Å². The monoisotopic (exact) mass is 418 g/mol. The van der Waals surface area contributed by atoms with Crippen LogP contribution in [0.4, 0.5) is 0 Å². The number of ether oxygens (including phenoxy) is 3. The fourth-order valence-electron chi connectivity index (χ4n) is 4.36. The van der Waals surface area contributed by atoms with Crippen molar-refractivity contribution >= 4 is 5.96 Å². The molecule has 0 spiro atoms. The number of aliphatic imine (C=N–C) groups is 1. The minimum absolute atomic E-state index is 0.781. The molecule has 1 aromatic carbocycles. The predicted molar refractivity (Wildman–Crippen MR) is 121 cm³/mol. The van der Waals surface area contributed by atoms with E-state index in [9.17, 15) is 0 Å². The van der Waals surface area contributed by atoms with Crippen molar-refractivity contribution in [3.8, 4) is 11.5 Å².